The number of halogens is 2. The topological polar surface area (TPSA) is 0 Å². The van der Waals surface area contributed by atoms with E-state index in [2.05, 4.69) is 51.8 Å². The summed E-state index contributed by atoms with van der Waals surface area (Å²) in [6.45, 7) is 13.8. The first-order chi connectivity index (χ1) is 8.36. The average molecular weight is 393 g/mol. The molecule has 1 unspecified atom stereocenters. The van der Waals surface area contributed by atoms with Crippen molar-refractivity contribution >= 4 is 29.0 Å². The summed E-state index contributed by atoms with van der Waals surface area (Å²) >= 11 is -1.82. The van der Waals surface area contributed by atoms with Gasteiger partial charge in [0, 0.05) is 0 Å². The molecule has 0 aliphatic heterocycles. The Hall–Kier alpha value is 0.293. The molecule has 2 rings (SSSR count). The number of rotatable bonds is 2. The summed E-state index contributed by atoms with van der Waals surface area (Å²) in [5, 5.41) is 0. The van der Waals surface area contributed by atoms with Crippen molar-refractivity contribution in [3.05, 3.63) is 40.5 Å². The Morgan fingerprint density at radius 1 is 1.00 bits per heavy atom. The van der Waals surface area contributed by atoms with Crippen LogP contribution in [0, 0.1) is 5.92 Å². The number of hydrogen-bond acceptors (Lipinski definition) is 0. The fourth-order valence-corrected chi connectivity index (χ4v) is 9.81. The van der Waals surface area contributed by atoms with Gasteiger partial charge in [-0.3, -0.25) is 0 Å². The molecule has 3 heteroatoms. The molecule has 0 saturated heterocycles. The molecule has 0 bridgehead atoms. The Morgan fingerprint density at radius 3 is 1.90 bits per heavy atom. The van der Waals surface area contributed by atoms with Crippen molar-refractivity contribution in [3.63, 3.8) is 0 Å². The first kappa shape index (κ1) is 20.3. The van der Waals surface area contributed by atoms with E-state index in [-0.39, 0.29) is 24.8 Å². The van der Waals surface area contributed by atoms with Gasteiger partial charge in [0.15, 0.2) is 0 Å². The van der Waals surface area contributed by atoms with Gasteiger partial charge in [-0.05, 0) is 0 Å². The van der Waals surface area contributed by atoms with Crippen molar-refractivity contribution in [2.45, 2.75) is 48.0 Å². The van der Waals surface area contributed by atoms with Gasteiger partial charge in [0.25, 0.3) is 0 Å². The molecular formula is C17H26Cl2Zr. The summed E-state index contributed by atoms with van der Waals surface area (Å²) in [4.78, 5) is 0. The monoisotopic (exact) mass is 390 g/mol. The van der Waals surface area contributed by atoms with Gasteiger partial charge in [0.2, 0.25) is 0 Å². The molecule has 0 heterocycles. The van der Waals surface area contributed by atoms with E-state index in [4.69, 9.17) is 0 Å². The molecule has 0 amide bonds. The molecule has 2 aliphatic rings. The zero-order chi connectivity index (χ0) is 13.6. The third-order valence-corrected chi connectivity index (χ3v) is 11.8. The molecule has 0 spiro atoms. The molecule has 0 aromatic carbocycles. The summed E-state index contributed by atoms with van der Waals surface area (Å²) in [6.07, 6.45) is 3.57. The van der Waals surface area contributed by atoms with Crippen LogP contribution in [-0.2, 0) is 21.3 Å². The molecule has 0 N–H and O–H groups in total. The minimum absolute atomic E-state index is 0. The van der Waals surface area contributed by atoms with E-state index in [0.717, 1.165) is 0 Å². The number of hydrogen-bond donors (Lipinski definition) is 0. The Bertz CT molecular complexity index is 560. The van der Waals surface area contributed by atoms with Crippen molar-refractivity contribution in [2.24, 2.45) is 5.92 Å². The van der Waals surface area contributed by atoms with Crippen molar-refractivity contribution in [3.8, 4) is 0 Å². The first-order valence-corrected chi connectivity index (χ1v) is 11.0. The van der Waals surface area contributed by atoms with Gasteiger partial charge in [-0.15, -0.1) is 24.8 Å². The zero-order valence-corrected chi connectivity index (χ0v) is 17.5. The molecule has 20 heavy (non-hydrogen) atoms. The van der Waals surface area contributed by atoms with Gasteiger partial charge < -0.3 is 0 Å². The van der Waals surface area contributed by atoms with E-state index < -0.39 is 21.3 Å². The Balaban J connectivity index is 0.00000180. The van der Waals surface area contributed by atoms with Crippen LogP contribution in [0.5, 0.6) is 0 Å². The second kappa shape index (κ2) is 7.52. The summed E-state index contributed by atoms with van der Waals surface area (Å²) in [6, 6.07) is 0. The van der Waals surface area contributed by atoms with Gasteiger partial charge in [0.05, 0.1) is 0 Å². The van der Waals surface area contributed by atoms with Crippen molar-refractivity contribution in [1.29, 1.82) is 0 Å². The SMILES string of the molecule is Cl.Cl.[CH2]=[Zr]([C]1=C(C)C(C)=CC1)[C]1=C(C)C(C)=C(C)C1C. The molecule has 112 valence electrons. The summed E-state index contributed by atoms with van der Waals surface area (Å²) < 4.78 is 8.14. The predicted molar refractivity (Wildman–Crippen MR) is 92.9 cm³/mol. The van der Waals surface area contributed by atoms with E-state index in [1.54, 1.807) is 23.3 Å². The van der Waals surface area contributed by atoms with E-state index >= 15 is 0 Å². The molecule has 0 nitrogen and oxygen atoms in total. The van der Waals surface area contributed by atoms with E-state index in [0.29, 0.717) is 5.92 Å². The van der Waals surface area contributed by atoms with E-state index in [1.807, 2.05) is 0 Å². The van der Waals surface area contributed by atoms with Gasteiger partial charge >= 0.3 is 120 Å². The van der Waals surface area contributed by atoms with Crippen LogP contribution in [0.4, 0.5) is 0 Å². The Labute approximate surface area is 144 Å². The van der Waals surface area contributed by atoms with Crippen molar-refractivity contribution in [1.82, 2.24) is 0 Å². The molecule has 0 fully saturated rings. The van der Waals surface area contributed by atoms with Gasteiger partial charge in [-0.25, -0.2) is 0 Å². The van der Waals surface area contributed by atoms with Crippen LogP contribution in [0.1, 0.15) is 48.0 Å². The maximum absolute atomic E-state index is 4.68. The van der Waals surface area contributed by atoms with Crippen LogP contribution >= 0.6 is 24.8 Å². The molecular weight excluding hydrogens is 366 g/mol. The molecule has 1 atom stereocenters. The maximum atomic E-state index is 4.68. The molecule has 2 aliphatic carbocycles. The minimum atomic E-state index is -1.82. The summed E-state index contributed by atoms with van der Waals surface area (Å²) in [5.74, 6) is 0.651. The Kier molecular flexibility index (Phi) is 7.63. The fourth-order valence-electron chi connectivity index (χ4n) is 3.16. The van der Waals surface area contributed by atoms with Crippen molar-refractivity contribution < 1.29 is 21.3 Å². The second-order valence-corrected chi connectivity index (χ2v) is 10.9. The quantitative estimate of drug-likeness (QED) is 0.560. The summed E-state index contributed by atoms with van der Waals surface area (Å²) in [7, 11) is 0. The van der Waals surface area contributed by atoms with Crippen LogP contribution in [0.25, 0.3) is 0 Å². The standard InChI is InChI=1S/C9H13.C7H9.CH2.2ClH.Zr/c1-6-5-7(2)9(4)8(6)3;1-6-4-3-5-7(6)2;;;;/h6H,1-4H3;4H,3H2,1-2H3;1H2;2*1H;. The van der Waals surface area contributed by atoms with E-state index in [9.17, 15) is 0 Å². The summed E-state index contributed by atoms with van der Waals surface area (Å²) in [5.41, 5.74) is 7.70. The van der Waals surface area contributed by atoms with E-state index in [1.165, 1.54) is 17.6 Å². The van der Waals surface area contributed by atoms with Crippen LogP contribution in [-0.4, -0.2) is 4.21 Å². The third kappa shape index (κ3) is 3.21. The molecule has 0 radical (unpaired) electrons. The molecule has 0 aromatic heterocycles. The van der Waals surface area contributed by atoms with Gasteiger partial charge in [-0.2, -0.15) is 0 Å². The Morgan fingerprint density at radius 2 is 1.55 bits per heavy atom. The predicted octanol–water partition coefficient (Wildman–Crippen LogP) is 5.76. The van der Waals surface area contributed by atoms with Crippen molar-refractivity contribution in [2.75, 3.05) is 0 Å². The first-order valence-electron chi connectivity index (χ1n) is 6.81. The number of allylic oxidation sites excluding steroid dienone is 8. The second-order valence-electron chi connectivity index (χ2n) is 5.74. The fraction of sp³-hybridized carbons (Fsp3) is 0.471. The van der Waals surface area contributed by atoms with Crippen LogP contribution in [0.15, 0.2) is 40.5 Å². The van der Waals surface area contributed by atoms with Crippen LogP contribution < -0.4 is 0 Å². The van der Waals surface area contributed by atoms with Gasteiger partial charge in [-0.1, -0.05) is 0 Å². The molecule has 0 aromatic rings. The van der Waals surface area contributed by atoms with Crippen LogP contribution in [0.3, 0.4) is 0 Å². The molecule has 0 saturated carbocycles. The average Bonchev–Trinajstić information content (AvgIpc) is 2.75. The van der Waals surface area contributed by atoms with Crippen LogP contribution in [0.2, 0.25) is 0 Å². The zero-order valence-electron chi connectivity index (χ0n) is 13.4. The van der Waals surface area contributed by atoms with Gasteiger partial charge in [0.1, 0.15) is 0 Å². The normalized spacial score (nSPS) is 21.9. The third-order valence-electron chi connectivity index (χ3n) is 4.99.